The number of carbonyl (C=O) groups is 1. The Morgan fingerprint density at radius 1 is 1.12 bits per heavy atom. The van der Waals surface area contributed by atoms with Crippen molar-refractivity contribution < 1.29 is 13.9 Å². The number of aromatic nitrogens is 3. The number of amides is 1. The SMILES string of the molecule is Cc1cc(NC(=O)c2ccc(F)nc2N2CCC3(CC2)CC3)nc(N2CCOC(C)C2)n1. The molecule has 2 saturated heterocycles. The van der Waals surface area contributed by atoms with Gasteiger partial charge in [-0.25, -0.2) is 9.97 Å². The van der Waals surface area contributed by atoms with Crippen LogP contribution in [0.25, 0.3) is 0 Å². The molecule has 1 amide bonds. The maximum Gasteiger partial charge on any atom is 0.260 e. The second kappa shape index (κ2) is 8.27. The van der Waals surface area contributed by atoms with Gasteiger partial charge in [0.1, 0.15) is 11.6 Å². The number of hydrogen-bond acceptors (Lipinski definition) is 7. The van der Waals surface area contributed by atoms with Crippen LogP contribution in [0.4, 0.5) is 22.0 Å². The summed E-state index contributed by atoms with van der Waals surface area (Å²) in [6.07, 6.45) is 4.79. The molecule has 32 heavy (non-hydrogen) atoms. The van der Waals surface area contributed by atoms with Crippen molar-refractivity contribution >= 4 is 23.5 Å². The van der Waals surface area contributed by atoms with Crippen molar-refractivity contribution in [3.8, 4) is 0 Å². The number of nitrogens with zero attached hydrogens (tertiary/aromatic N) is 5. The highest BCUT2D eigenvalue weighted by molar-refractivity contribution is 6.07. The predicted molar refractivity (Wildman–Crippen MR) is 120 cm³/mol. The van der Waals surface area contributed by atoms with Gasteiger partial charge in [-0.3, -0.25) is 4.79 Å². The van der Waals surface area contributed by atoms with Gasteiger partial charge in [-0.1, -0.05) is 0 Å². The number of halogens is 1. The lowest BCUT2D eigenvalue weighted by atomic mass is 9.93. The minimum atomic E-state index is -0.579. The van der Waals surface area contributed by atoms with E-state index in [9.17, 15) is 9.18 Å². The van der Waals surface area contributed by atoms with Crippen LogP contribution in [0.3, 0.4) is 0 Å². The van der Waals surface area contributed by atoms with Gasteiger partial charge in [0.15, 0.2) is 0 Å². The van der Waals surface area contributed by atoms with Gasteiger partial charge >= 0.3 is 0 Å². The molecule has 0 radical (unpaired) electrons. The molecule has 1 N–H and O–H groups in total. The number of anilines is 3. The summed E-state index contributed by atoms with van der Waals surface area (Å²) in [6.45, 7) is 7.48. The van der Waals surface area contributed by atoms with Gasteiger partial charge < -0.3 is 19.9 Å². The number of nitrogens with one attached hydrogen (secondary N) is 1. The molecule has 0 aromatic carbocycles. The second-order valence-electron chi connectivity index (χ2n) is 9.27. The monoisotopic (exact) mass is 440 g/mol. The summed E-state index contributed by atoms with van der Waals surface area (Å²) in [6, 6.07) is 4.48. The number of hydrogen-bond donors (Lipinski definition) is 1. The van der Waals surface area contributed by atoms with E-state index >= 15 is 0 Å². The highest BCUT2D eigenvalue weighted by Gasteiger charge is 2.45. The van der Waals surface area contributed by atoms with Crippen LogP contribution < -0.4 is 15.1 Å². The molecule has 2 aromatic heterocycles. The Bertz CT molecular complexity index is 1020. The fourth-order valence-electron chi connectivity index (χ4n) is 4.66. The molecular weight excluding hydrogens is 411 g/mol. The van der Waals surface area contributed by atoms with Gasteiger partial charge in [0, 0.05) is 37.9 Å². The summed E-state index contributed by atoms with van der Waals surface area (Å²) in [4.78, 5) is 30.5. The summed E-state index contributed by atoms with van der Waals surface area (Å²) in [7, 11) is 0. The van der Waals surface area contributed by atoms with Crippen molar-refractivity contribution in [2.24, 2.45) is 5.41 Å². The van der Waals surface area contributed by atoms with Gasteiger partial charge in [-0.15, -0.1) is 0 Å². The van der Waals surface area contributed by atoms with E-state index in [1.807, 2.05) is 18.7 Å². The minimum absolute atomic E-state index is 0.0954. The Kier molecular flexibility index (Phi) is 5.44. The molecule has 3 fully saturated rings. The van der Waals surface area contributed by atoms with Gasteiger partial charge in [0.05, 0.1) is 18.3 Å². The van der Waals surface area contributed by atoms with Gasteiger partial charge in [0.25, 0.3) is 5.91 Å². The molecule has 1 spiro atoms. The molecule has 1 aliphatic carbocycles. The maximum absolute atomic E-state index is 14.0. The average Bonchev–Trinajstić information content (AvgIpc) is 3.52. The zero-order valence-corrected chi connectivity index (χ0v) is 18.6. The number of carbonyl (C=O) groups excluding carboxylic acids is 1. The van der Waals surface area contributed by atoms with Crippen LogP contribution in [0, 0.1) is 18.3 Å². The van der Waals surface area contributed by atoms with Crippen molar-refractivity contribution in [2.75, 3.05) is 47.9 Å². The molecule has 0 bridgehead atoms. The van der Waals surface area contributed by atoms with Crippen LogP contribution in [0.2, 0.25) is 0 Å². The molecule has 5 rings (SSSR count). The van der Waals surface area contributed by atoms with Crippen LogP contribution >= 0.6 is 0 Å². The highest BCUT2D eigenvalue weighted by atomic mass is 19.1. The molecule has 4 heterocycles. The molecule has 8 nitrogen and oxygen atoms in total. The van der Waals surface area contributed by atoms with Crippen LogP contribution in [0.5, 0.6) is 0 Å². The molecule has 2 aliphatic heterocycles. The number of pyridine rings is 1. The van der Waals surface area contributed by atoms with E-state index in [1.165, 1.54) is 25.0 Å². The lowest BCUT2D eigenvalue weighted by Gasteiger charge is -2.33. The Morgan fingerprint density at radius 2 is 1.91 bits per heavy atom. The molecule has 3 aliphatic rings. The van der Waals surface area contributed by atoms with Crippen LogP contribution in [0.15, 0.2) is 18.2 Å². The Morgan fingerprint density at radius 3 is 2.62 bits per heavy atom. The van der Waals surface area contributed by atoms with Gasteiger partial charge in [-0.05, 0) is 57.1 Å². The van der Waals surface area contributed by atoms with Crippen molar-refractivity contribution in [2.45, 2.75) is 45.6 Å². The number of morpholine rings is 1. The number of piperidine rings is 1. The fraction of sp³-hybridized carbons (Fsp3) is 0.565. The smallest absolute Gasteiger partial charge is 0.260 e. The summed E-state index contributed by atoms with van der Waals surface area (Å²) in [5.74, 6) is 0.468. The third-order valence-corrected chi connectivity index (χ3v) is 6.77. The molecular formula is C23H29FN6O2. The lowest BCUT2D eigenvalue weighted by Crippen LogP contribution is -2.42. The van der Waals surface area contributed by atoms with E-state index in [0.29, 0.717) is 48.3 Å². The molecule has 1 atom stereocenters. The number of rotatable bonds is 4. The Balaban J connectivity index is 1.36. The standard InChI is InChI=1S/C23H29FN6O2/c1-15-13-19(28-22(25-15)30-11-12-32-16(2)14-30)27-21(31)17-3-4-18(24)26-20(17)29-9-7-23(5-6-23)8-10-29/h3-4,13,16H,5-12,14H2,1-2H3,(H,25,27,28,31). The van der Waals surface area contributed by atoms with E-state index in [0.717, 1.165) is 31.6 Å². The first-order chi connectivity index (χ1) is 15.4. The Hall–Kier alpha value is -2.81. The van der Waals surface area contributed by atoms with Crippen molar-refractivity contribution in [3.05, 3.63) is 35.4 Å². The van der Waals surface area contributed by atoms with Crippen molar-refractivity contribution in [1.82, 2.24) is 15.0 Å². The summed E-state index contributed by atoms with van der Waals surface area (Å²) in [5.41, 5.74) is 1.60. The third-order valence-electron chi connectivity index (χ3n) is 6.77. The van der Waals surface area contributed by atoms with Crippen LogP contribution in [0.1, 0.15) is 48.7 Å². The summed E-state index contributed by atoms with van der Waals surface area (Å²) < 4.78 is 19.6. The molecule has 1 saturated carbocycles. The van der Waals surface area contributed by atoms with Crippen molar-refractivity contribution in [3.63, 3.8) is 0 Å². The maximum atomic E-state index is 14.0. The first-order valence-electron chi connectivity index (χ1n) is 11.4. The number of aryl methyl sites for hydroxylation is 1. The van der Waals surface area contributed by atoms with Crippen LogP contribution in [-0.2, 0) is 4.74 Å². The van der Waals surface area contributed by atoms with Gasteiger partial charge in [-0.2, -0.15) is 9.37 Å². The summed E-state index contributed by atoms with van der Waals surface area (Å²) >= 11 is 0. The van der Waals surface area contributed by atoms with E-state index in [4.69, 9.17) is 4.74 Å². The molecule has 2 aromatic rings. The highest BCUT2D eigenvalue weighted by Crippen LogP contribution is 2.53. The number of ether oxygens (including phenoxy) is 1. The zero-order valence-electron chi connectivity index (χ0n) is 18.6. The first kappa shape index (κ1) is 21.1. The predicted octanol–water partition coefficient (Wildman–Crippen LogP) is 3.18. The zero-order chi connectivity index (χ0) is 22.3. The Labute approximate surface area is 187 Å². The normalized spacial score (nSPS) is 22.2. The topological polar surface area (TPSA) is 83.5 Å². The van der Waals surface area contributed by atoms with Crippen LogP contribution in [-0.4, -0.2) is 59.7 Å². The minimum Gasteiger partial charge on any atom is -0.375 e. The fourth-order valence-corrected chi connectivity index (χ4v) is 4.66. The van der Waals surface area contributed by atoms with Crippen molar-refractivity contribution in [1.29, 1.82) is 0 Å². The average molecular weight is 441 g/mol. The van der Waals surface area contributed by atoms with E-state index in [1.54, 1.807) is 6.07 Å². The van der Waals surface area contributed by atoms with E-state index < -0.39 is 5.95 Å². The van der Waals surface area contributed by atoms with Gasteiger partial charge in [0.2, 0.25) is 11.9 Å². The molecule has 170 valence electrons. The molecule has 9 heteroatoms. The molecule has 1 unspecified atom stereocenters. The largest absolute Gasteiger partial charge is 0.375 e. The third kappa shape index (κ3) is 4.39. The second-order valence-corrected chi connectivity index (χ2v) is 9.27. The lowest BCUT2D eigenvalue weighted by molar-refractivity contribution is 0.0526. The first-order valence-corrected chi connectivity index (χ1v) is 11.4. The van der Waals surface area contributed by atoms with E-state index in [-0.39, 0.29) is 12.0 Å². The quantitative estimate of drug-likeness (QED) is 0.731. The van der Waals surface area contributed by atoms with E-state index in [2.05, 4.69) is 25.2 Å². The summed E-state index contributed by atoms with van der Waals surface area (Å²) in [5, 5.41) is 2.88.